The minimum absolute atomic E-state index is 0.906. The fraction of sp³-hybridized carbons (Fsp3) is 0.143. The van der Waals surface area contributed by atoms with E-state index in [0.29, 0.717) is 0 Å². The molecule has 0 atom stereocenters. The molecule has 1 rings (SSSR count). The number of benzene rings is 1. The van der Waals surface area contributed by atoms with Crippen molar-refractivity contribution < 1.29 is 0 Å². The van der Waals surface area contributed by atoms with Crippen LogP contribution in [0.25, 0.3) is 6.08 Å². The first-order valence-electron chi connectivity index (χ1n) is 5.13. The van der Waals surface area contributed by atoms with E-state index in [0.717, 1.165) is 22.4 Å². The lowest BCUT2D eigenvalue weighted by atomic mass is 10.0. The molecule has 16 heavy (non-hydrogen) atoms. The van der Waals surface area contributed by atoms with Crippen LogP contribution in [0.15, 0.2) is 41.5 Å². The summed E-state index contributed by atoms with van der Waals surface area (Å²) in [4.78, 5) is 8.42. The standard InChI is InChI=1S/C14H16N2/c1-5-12-9-8-11(4)13(10-15-6-2)14(12)16-7-3/h5-10H,1-2H2,3-4H3. The summed E-state index contributed by atoms with van der Waals surface area (Å²) in [5.41, 5.74) is 4.06. The highest BCUT2D eigenvalue weighted by molar-refractivity contribution is 5.92. The quantitative estimate of drug-likeness (QED) is 0.676. The van der Waals surface area contributed by atoms with Crippen molar-refractivity contribution in [3.8, 4) is 0 Å². The molecular weight excluding hydrogens is 196 g/mol. The van der Waals surface area contributed by atoms with Crippen molar-refractivity contribution in [2.45, 2.75) is 13.8 Å². The number of hydrogen-bond acceptors (Lipinski definition) is 2. The van der Waals surface area contributed by atoms with Gasteiger partial charge in [0.2, 0.25) is 0 Å². The number of aliphatic imine (C=N–C) groups is 2. The van der Waals surface area contributed by atoms with Gasteiger partial charge in [-0.15, -0.1) is 0 Å². The minimum atomic E-state index is 0.906. The summed E-state index contributed by atoms with van der Waals surface area (Å²) in [5, 5.41) is 0. The fourth-order valence-electron chi connectivity index (χ4n) is 1.45. The van der Waals surface area contributed by atoms with Crippen molar-refractivity contribution in [1.29, 1.82) is 0 Å². The van der Waals surface area contributed by atoms with E-state index in [4.69, 9.17) is 0 Å². The lowest BCUT2D eigenvalue weighted by Gasteiger charge is -2.07. The topological polar surface area (TPSA) is 24.7 Å². The Morgan fingerprint density at radius 3 is 2.56 bits per heavy atom. The third kappa shape index (κ3) is 2.54. The summed E-state index contributed by atoms with van der Waals surface area (Å²) in [6.45, 7) is 11.3. The van der Waals surface area contributed by atoms with E-state index < -0.39 is 0 Å². The first-order valence-corrected chi connectivity index (χ1v) is 5.13. The van der Waals surface area contributed by atoms with Gasteiger partial charge in [-0.25, -0.2) is 0 Å². The molecule has 0 fully saturated rings. The van der Waals surface area contributed by atoms with Crippen molar-refractivity contribution >= 4 is 24.2 Å². The van der Waals surface area contributed by atoms with E-state index in [1.165, 1.54) is 6.20 Å². The van der Waals surface area contributed by atoms with Crippen molar-refractivity contribution in [3.05, 3.63) is 48.2 Å². The fourth-order valence-corrected chi connectivity index (χ4v) is 1.45. The van der Waals surface area contributed by atoms with Gasteiger partial charge in [0.25, 0.3) is 0 Å². The smallest absolute Gasteiger partial charge is 0.0788 e. The molecule has 0 saturated carbocycles. The predicted molar refractivity (Wildman–Crippen MR) is 72.9 cm³/mol. The molecule has 0 saturated heterocycles. The summed E-state index contributed by atoms with van der Waals surface area (Å²) < 4.78 is 0. The van der Waals surface area contributed by atoms with E-state index in [-0.39, 0.29) is 0 Å². The molecule has 1 aromatic rings. The Hall–Kier alpha value is -1.96. The predicted octanol–water partition coefficient (Wildman–Crippen LogP) is 3.92. The number of hydrogen-bond donors (Lipinski definition) is 0. The molecule has 2 nitrogen and oxygen atoms in total. The lowest BCUT2D eigenvalue weighted by Crippen LogP contribution is -1.90. The molecule has 0 amide bonds. The highest BCUT2D eigenvalue weighted by Crippen LogP contribution is 2.27. The van der Waals surface area contributed by atoms with E-state index >= 15 is 0 Å². The Labute approximate surface area is 96.8 Å². The van der Waals surface area contributed by atoms with Crippen LogP contribution in [-0.4, -0.2) is 12.4 Å². The summed E-state index contributed by atoms with van der Waals surface area (Å²) >= 11 is 0. The third-order valence-corrected chi connectivity index (χ3v) is 2.25. The van der Waals surface area contributed by atoms with Crippen LogP contribution in [0.4, 0.5) is 5.69 Å². The second kappa shape index (κ2) is 5.81. The van der Waals surface area contributed by atoms with E-state index in [9.17, 15) is 0 Å². The molecule has 82 valence electrons. The highest BCUT2D eigenvalue weighted by atomic mass is 14.7. The average molecular weight is 212 g/mol. The molecule has 0 aliphatic carbocycles. The maximum atomic E-state index is 4.37. The maximum absolute atomic E-state index is 4.37. The molecule has 2 heteroatoms. The lowest BCUT2D eigenvalue weighted by molar-refractivity contribution is 1.39. The van der Waals surface area contributed by atoms with E-state index in [2.05, 4.69) is 23.1 Å². The van der Waals surface area contributed by atoms with Gasteiger partial charge in [0.1, 0.15) is 0 Å². The monoisotopic (exact) mass is 212 g/mol. The van der Waals surface area contributed by atoms with Gasteiger partial charge in [0.15, 0.2) is 0 Å². The maximum Gasteiger partial charge on any atom is 0.0788 e. The van der Waals surface area contributed by atoms with Crippen LogP contribution in [0.1, 0.15) is 23.6 Å². The highest BCUT2D eigenvalue weighted by Gasteiger charge is 2.06. The Morgan fingerprint density at radius 2 is 2.00 bits per heavy atom. The average Bonchev–Trinajstić information content (AvgIpc) is 2.29. The second-order valence-corrected chi connectivity index (χ2v) is 3.29. The zero-order valence-electron chi connectivity index (χ0n) is 9.77. The molecule has 0 aliphatic heterocycles. The van der Waals surface area contributed by atoms with Crippen LogP contribution < -0.4 is 0 Å². The number of nitrogens with zero attached hydrogens (tertiary/aromatic N) is 2. The Bertz CT molecular complexity index is 454. The van der Waals surface area contributed by atoms with Gasteiger partial charge in [0.05, 0.1) is 5.69 Å². The van der Waals surface area contributed by atoms with Crippen molar-refractivity contribution in [3.63, 3.8) is 0 Å². The van der Waals surface area contributed by atoms with Crippen LogP contribution in [0.2, 0.25) is 0 Å². The molecule has 0 unspecified atom stereocenters. The molecule has 0 aliphatic rings. The van der Waals surface area contributed by atoms with Gasteiger partial charge in [-0.05, 0) is 19.4 Å². The largest absolute Gasteiger partial charge is 0.265 e. The first-order chi connectivity index (χ1) is 7.74. The van der Waals surface area contributed by atoms with Crippen molar-refractivity contribution in [2.24, 2.45) is 9.98 Å². The molecule has 0 aromatic heterocycles. The summed E-state index contributed by atoms with van der Waals surface area (Å²) in [7, 11) is 0. The van der Waals surface area contributed by atoms with Crippen LogP contribution in [0.3, 0.4) is 0 Å². The van der Waals surface area contributed by atoms with E-state index in [1.54, 1.807) is 18.5 Å². The Balaban J connectivity index is 3.46. The van der Waals surface area contributed by atoms with Gasteiger partial charge in [-0.1, -0.05) is 31.4 Å². The van der Waals surface area contributed by atoms with Gasteiger partial charge in [0, 0.05) is 29.8 Å². The SMILES string of the molecule is C=CN=Cc1c(C)ccc(C=C)c1N=CC. The van der Waals surface area contributed by atoms with Crippen LogP contribution in [-0.2, 0) is 0 Å². The van der Waals surface area contributed by atoms with Gasteiger partial charge in [-0.2, -0.15) is 0 Å². The molecule has 1 aromatic carbocycles. The summed E-state index contributed by atoms with van der Waals surface area (Å²) in [6.07, 6.45) is 6.86. The summed E-state index contributed by atoms with van der Waals surface area (Å²) in [6, 6.07) is 4.05. The minimum Gasteiger partial charge on any atom is -0.265 e. The Morgan fingerprint density at radius 1 is 1.25 bits per heavy atom. The first kappa shape index (κ1) is 12.1. The van der Waals surface area contributed by atoms with Crippen molar-refractivity contribution in [1.82, 2.24) is 0 Å². The van der Waals surface area contributed by atoms with Crippen LogP contribution >= 0.6 is 0 Å². The van der Waals surface area contributed by atoms with Crippen molar-refractivity contribution in [2.75, 3.05) is 0 Å². The zero-order chi connectivity index (χ0) is 12.0. The van der Waals surface area contributed by atoms with Crippen LogP contribution in [0.5, 0.6) is 0 Å². The summed E-state index contributed by atoms with van der Waals surface area (Å²) in [5.74, 6) is 0. The molecule has 0 bridgehead atoms. The zero-order valence-corrected chi connectivity index (χ0v) is 9.77. The molecule has 0 N–H and O–H groups in total. The molecule has 0 radical (unpaired) electrons. The van der Waals surface area contributed by atoms with Gasteiger partial charge >= 0.3 is 0 Å². The molecule has 0 spiro atoms. The van der Waals surface area contributed by atoms with Gasteiger partial charge < -0.3 is 0 Å². The van der Waals surface area contributed by atoms with E-state index in [1.807, 2.05) is 26.0 Å². The number of aryl methyl sites for hydroxylation is 1. The number of rotatable bonds is 4. The Kier molecular flexibility index (Phi) is 4.40. The third-order valence-electron chi connectivity index (χ3n) is 2.25. The van der Waals surface area contributed by atoms with Crippen LogP contribution in [0, 0.1) is 6.92 Å². The molecular formula is C14H16N2. The van der Waals surface area contributed by atoms with Gasteiger partial charge in [-0.3, -0.25) is 9.98 Å². The normalized spacial score (nSPS) is 11.1. The second-order valence-electron chi connectivity index (χ2n) is 3.29. The molecule has 0 heterocycles.